The summed E-state index contributed by atoms with van der Waals surface area (Å²) in [5, 5.41) is 0. The van der Waals surface area contributed by atoms with Crippen LogP contribution in [0, 0.1) is 29.1 Å². The molecule has 1 fully saturated rings. The van der Waals surface area contributed by atoms with E-state index >= 15 is 0 Å². The second-order valence-electron chi connectivity index (χ2n) is 6.28. The average molecular weight is 479 g/mol. The lowest BCUT2D eigenvalue weighted by Gasteiger charge is -2.36. The van der Waals surface area contributed by atoms with Crippen LogP contribution in [0.5, 0.6) is 5.75 Å². The van der Waals surface area contributed by atoms with Crippen molar-refractivity contribution >= 4 is 27.5 Å². The highest BCUT2D eigenvalue weighted by atomic mass is 79.9. The molecule has 10 heteroatoms. The Bertz CT molecular complexity index is 920. The molecule has 0 atom stereocenters. The van der Waals surface area contributed by atoms with Crippen molar-refractivity contribution < 1.29 is 31.5 Å². The summed E-state index contributed by atoms with van der Waals surface area (Å²) in [5.41, 5.74) is -0.595. The highest BCUT2D eigenvalue weighted by molar-refractivity contribution is 9.10. The molecule has 1 saturated heterocycles. The number of hydrogen-bond donors (Lipinski definition) is 0. The number of anilines is 1. The average Bonchev–Trinajstić information content (AvgIpc) is 2.72. The molecule has 156 valence electrons. The first-order valence-corrected chi connectivity index (χ1v) is 9.53. The van der Waals surface area contributed by atoms with Crippen LogP contribution in [0.4, 0.5) is 27.6 Å². The van der Waals surface area contributed by atoms with E-state index in [1.165, 1.54) is 4.90 Å². The zero-order chi connectivity index (χ0) is 21.3. The van der Waals surface area contributed by atoms with Gasteiger partial charge in [-0.25, -0.2) is 22.0 Å². The minimum Gasteiger partial charge on any atom is -0.493 e. The van der Waals surface area contributed by atoms with Crippen LogP contribution in [0.2, 0.25) is 0 Å². The van der Waals surface area contributed by atoms with Crippen LogP contribution in [0.1, 0.15) is 17.3 Å². The lowest BCUT2D eigenvalue weighted by atomic mass is 10.1. The molecule has 0 unspecified atom stereocenters. The summed E-state index contributed by atoms with van der Waals surface area (Å²) in [4.78, 5) is 15.2. The maximum atomic E-state index is 14.0. The summed E-state index contributed by atoms with van der Waals surface area (Å²) in [6.45, 7) is 2.25. The minimum absolute atomic E-state index is 0.0587. The molecule has 29 heavy (non-hydrogen) atoms. The van der Waals surface area contributed by atoms with Gasteiger partial charge in [0.2, 0.25) is 5.82 Å². The highest BCUT2D eigenvalue weighted by Crippen LogP contribution is 2.31. The van der Waals surface area contributed by atoms with Gasteiger partial charge in [-0.3, -0.25) is 4.79 Å². The first-order chi connectivity index (χ1) is 13.8. The number of carbonyl (C=O) groups excluding carboxylic acids is 1. The van der Waals surface area contributed by atoms with E-state index in [-0.39, 0.29) is 32.1 Å². The highest BCUT2D eigenvalue weighted by Gasteiger charge is 2.31. The van der Waals surface area contributed by atoms with Crippen LogP contribution >= 0.6 is 15.9 Å². The molecule has 0 saturated carbocycles. The number of halogens is 6. The minimum atomic E-state index is -2.20. The van der Waals surface area contributed by atoms with Gasteiger partial charge in [-0.05, 0) is 41.1 Å². The van der Waals surface area contributed by atoms with Crippen LogP contribution < -0.4 is 9.64 Å². The topological polar surface area (TPSA) is 32.8 Å². The van der Waals surface area contributed by atoms with Gasteiger partial charge in [0.05, 0.1) is 11.1 Å². The molecule has 1 amide bonds. The molecule has 3 rings (SSSR count). The third-order valence-corrected chi connectivity index (χ3v) is 5.17. The molecule has 4 nitrogen and oxygen atoms in total. The number of hydrogen-bond acceptors (Lipinski definition) is 3. The van der Waals surface area contributed by atoms with Crippen molar-refractivity contribution in [2.75, 3.05) is 37.7 Å². The van der Waals surface area contributed by atoms with Crippen molar-refractivity contribution in [2.45, 2.75) is 6.92 Å². The van der Waals surface area contributed by atoms with Crippen molar-refractivity contribution in [3.8, 4) is 5.75 Å². The van der Waals surface area contributed by atoms with E-state index in [0.29, 0.717) is 22.4 Å². The van der Waals surface area contributed by atoms with Gasteiger partial charge < -0.3 is 14.5 Å². The quantitative estimate of drug-likeness (QED) is 0.368. The predicted molar refractivity (Wildman–Crippen MR) is 99.7 cm³/mol. The van der Waals surface area contributed by atoms with Gasteiger partial charge in [0.15, 0.2) is 23.3 Å². The molecular weight excluding hydrogens is 463 g/mol. The molecule has 0 spiro atoms. The monoisotopic (exact) mass is 478 g/mol. The van der Waals surface area contributed by atoms with Crippen molar-refractivity contribution in [3.63, 3.8) is 0 Å². The van der Waals surface area contributed by atoms with E-state index in [4.69, 9.17) is 4.74 Å². The van der Waals surface area contributed by atoms with Crippen LogP contribution in [0.25, 0.3) is 0 Å². The fourth-order valence-electron chi connectivity index (χ4n) is 3.09. The lowest BCUT2D eigenvalue weighted by molar-refractivity contribution is 0.0746. The number of piperazine rings is 1. The molecule has 2 aromatic carbocycles. The molecular formula is C19H16BrF5N2O2. The number of carbonyl (C=O) groups is 1. The standard InChI is InChI=1S/C19H16BrF5N2O2/c1-2-29-12-4-3-10(9-11(12)20)19(28)27-7-5-26(6-8-27)18-16(24)14(22)13(21)15(23)17(18)25/h3-4,9H,2,5-8H2,1H3. The van der Waals surface area contributed by atoms with Crippen LogP contribution in [-0.4, -0.2) is 43.6 Å². The molecule has 0 aliphatic carbocycles. The van der Waals surface area contributed by atoms with Crippen LogP contribution in [0.3, 0.4) is 0 Å². The normalized spacial score (nSPS) is 14.3. The van der Waals surface area contributed by atoms with Crippen LogP contribution in [-0.2, 0) is 0 Å². The first kappa shape index (κ1) is 21.4. The Kier molecular flexibility index (Phi) is 6.30. The Morgan fingerprint density at radius 3 is 2.03 bits per heavy atom. The largest absolute Gasteiger partial charge is 0.493 e. The first-order valence-electron chi connectivity index (χ1n) is 8.74. The van der Waals surface area contributed by atoms with Gasteiger partial charge in [0.1, 0.15) is 11.4 Å². The number of rotatable bonds is 4. The fourth-order valence-corrected chi connectivity index (χ4v) is 3.59. The third-order valence-electron chi connectivity index (χ3n) is 4.55. The SMILES string of the molecule is CCOc1ccc(C(=O)N2CCN(c3c(F)c(F)c(F)c(F)c3F)CC2)cc1Br. The Balaban J connectivity index is 1.75. The summed E-state index contributed by atoms with van der Waals surface area (Å²) >= 11 is 3.33. The van der Waals surface area contributed by atoms with E-state index in [2.05, 4.69) is 15.9 Å². The summed E-state index contributed by atoms with van der Waals surface area (Å²) < 4.78 is 74.1. The van der Waals surface area contributed by atoms with E-state index < -0.39 is 34.8 Å². The summed E-state index contributed by atoms with van der Waals surface area (Å²) in [5.74, 6) is -9.66. The Hall–Kier alpha value is -2.36. The molecule has 0 aromatic heterocycles. The van der Waals surface area contributed by atoms with Gasteiger partial charge >= 0.3 is 0 Å². The molecule has 1 heterocycles. The second-order valence-corrected chi connectivity index (χ2v) is 7.13. The zero-order valence-corrected chi connectivity index (χ0v) is 16.8. The van der Waals surface area contributed by atoms with E-state index in [1.54, 1.807) is 18.2 Å². The fraction of sp³-hybridized carbons (Fsp3) is 0.316. The van der Waals surface area contributed by atoms with Crippen molar-refractivity contribution in [3.05, 3.63) is 57.3 Å². The third kappa shape index (κ3) is 4.03. The molecule has 1 aliphatic rings. The maximum Gasteiger partial charge on any atom is 0.254 e. The van der Waals surface area contributed by atoms with Crippen molar-refractivity contribution in [1.29, 1.82) is 0 Å². The molecule has 2 aromatic rings. The van der Waals surface area contributed by atoms with Gasteiger partial charge in [0, 0.05) is 31.7 Å². The summed E-state index contributed by atoms with van der Waals surface area (Å²) in [6.07, 6.45) is 0. The molecule has 0 N–H and O–H groups in total. The summed E-state index contributed by atoms with van der Waals surface area (Å²) in [7, 11) is 0. The Labute approximate surface area is 172 Å². The summed E-state index contributed by atoms with van der Waals surface area (Å²) in [6, 6.07) is 4.84. The second kappa shape index (κ2) is 8.56. The number of benzene rings is 2. The molecule has 1 aliphatic heterocycles. The van der Waals surface area contributed by atoms with Crippen molar-refractivity contribution in [2.24, 2.45) is 0 Å². The Morgan fingerprint density at radius 1 is 0.966 bits per heavy atom. The Morgan fingerprint density at radius 2 is 1.52 bits per heavy atom. The van der Waals surface area contributed by atoms with Crippen molar-refractivity contribution in [1.82, 2.24) is 4.90 Å². The van der Waals surface area contributed by atoms with E-state index in [1.807, 2.05) is 6.92 Å². The van der Waals surface area contributed by atoms with E-state index in [0.717, 1.165) is 4.90 Å². The smallest absolute Gasteiger partial charge is 0.254 e. The van der Waals surface area contributed by atoms with Gasteiger partial charge in [-0.2, -0.15) is 0 Å². The van der Waals surface area contributed by atoms with Gasteiger partial charge in [-0.15, -0.1) is 0 Å². The number of ether oxygens (including phenoxy) is 1. The molecule has 0 radical (unpaired) electrons. The number of nitrogens with zero attached hydrogens (tertiary/aromatic N) is 2. The van der Waals surface area contributed by atoms with Gasteiger partial charge in [-0.1, -0.05) is 0 Å². The molecule has 0 bridgehead atoms. The number of amides is 1. The maximum absolute atomic E-state index is 14.0. The zero-order valence-electron chi connectivity index (χ0n) is 15.2. The predicted octanol–water partition coefficient (Wildman–Crippen LogP) is 4.51. The van der Waals surface area contributed by atoms with Crippen LogP contribution in [0.15, 0.2) is 22.7 Å². The lowest BCUT2D eigenvalue weighted by Crippen LogP contribution is -2.49. The van der Waals surface area contributed by atoms with Gasteiger partial charge in [0.25, 0.3) is 5.91 Å². The van der Waals surface area contributed by atoms with E-state index in [9.17, 15) is 26.7 Å².